The molecular formula is C24H34O8. The molecule has 1 aromatic carbocycles. The zero-order valence-corrected chi connectivity index (χ0v) is 19.1. The Balaban J connectivity index is 2.41. The number of rotatable bonds is 20. The van der Waals surface area contributed by atoms with Crippen molar-refractivity contribution in [2.75, 3.05) is 93.5 Å². The van der Waals surface area contributed by atoms with E-state index in [4.69, 9.17) is 50.7 Å². The lowest BCUT2D eigenvalue weighted by molar-refractivity contribution is 0.0159. The van der Waals surface area contributed by atoms with Crippen molar-refractivity contribution in [3.05, 3.63) is 23.3 Å². The number of benzene rings is 1. The molecular weight excluding hydrogens is 416 g/mol. The fourth-order valence-electron chi connectivity index (χ4n) is 2.37. The van der Waals surface area contributed by atoms with Gasteiger partial charge < -0.3 is 37.9 Å². The molecule has 0 aliphatic heterocycles. The number of hydrogen-bond donors (Lipinski definition) is 0. The highest BCUT2D eigenvalue weighted by Gasteiger charge is 2.11. The SMILES string of the molecule is C#Cc1cc(OCCOCCOCCOC)c(OCCOCCOCCOC)cc1C#C. The van der Waals surface area contributed by atoms with Crippen molar-refractivity contribution in [1.82, 2.24) is 0 Å². The van der Waals surface area contributed by atoms with Gasteiger partial charge in [-0.25, -0.2) is 0 Å². The summed E-state index contributed by atoms with van der Waals surface area (Å²) in [6.45, 7) is 5.55. The maximum Gasteiger partial charge on any atom is 0.162 e. The van der Waals surface area contributed by atoms with Crippen molar-refractivity contribution in [2.45, 2.75) is 0 Å². The van der Waals surface area contributed by atoms with Crippen LogP contribution in [0.5, 0.6) is 11.5 Å². The molecule has 0 N–H and O–H groups in total. The highest BCUT2D eigenvalue weighted by Crippen LogP contribution is 2.30. The van der Waals surface area contributed by atoms with Crippen LogP contribution in [-0.2, 0) is 28.4 Å². The molecule has 8 heteroatoms. The van der Waals surface area contributed by atoms with Gasteiger partial charge in [-0.2, -0.15) is 0 Å². The van der Waals surface area contributed by atoms with Crippen molar-refractivity contribution in [1.29, 1.82) is 0 Å². The van der Waals surface area contributed by atoms with Crippen molar-refractivity contribution in [3.8, 4) is 36.2 Å². The Morgan fingerprint density at radius 2 is 0.844 bits per heavy atom. The van der Waals surface area contributed by atoms with E-state index in [-0.39, 0.29) is 0 Å². The first-order valence-corrected chi connectivity index (χ1v) is 10.4. The van der Waals surface area contributed by atoms with E-state index in [1.807, 2.05) is 0 Å². The minimum Gasteiger partial charge on any atom is -0.487 e. The van der Waals surface area contributed by atoms with E-state index < -0.39 is 0 Å². The number of methoxy groups -OCH3 is 2. The summed E-state index contributed by atoms with van der Waals surface area (Å²) >= 11 is 0. The molecule has 8 nitrogen and oxygen atoms in total. The maximum atomic E-state index is 5.81. The predicted molar refractivity (Wildman–Crippen MR) is 120 cm³/mol. The van der Waals surface area contributed by atoms with Crippen LogP contribution >= 0.6 is 0 Å². The molecule has 0 unspecified atom stereocenters. The molecule has 0 fully saturated rings. The first-order valence-electron chi connectivity index (χ1n) is 10.4. The van der Waals surface area contributed by atoms with Gasteiger partial charge in [0, 0.05) is 37.5 Å². The zero-order valence-electron chi connectivity index (χ0n) is 19.1. The van der Waals surface area contributed by atoms with Gasteiger partial charge in [-0.05, 0) is 0 Å². The van der Waals surface area contributed by atoms with E-state index >= 15 is 0 Å². The van der Waals surface area contributed by atoms with Crippen LogP contribution in [0.4, 0.5) is 0 Å². The summed E-state index contributed by atoms with van der Waals surface area (Å²) in [5, 5.41) is 0. The van der Waals surface area contributed by atoms with Crippen molar-refractivity contribution >= 4 is 0 Å². The number of hydrogen-bond acceptors (Lipinski definition) is 8. The standard InChI is InChI=1S/C24H34O8/c1-5-21-19-23(31-17-15-29-13-11-27-9-7-25-3)24(20-22(21)6-2)32-18-16-30-14-12-28-10-8-26-4/h1-2,19-20H,7-18H2,3-4H3. The third-order valence-electron chi connectivity index (χ3n) is 3.97. The van der Waals surface area contributed by atoms with Gasteiger partial charge in [0.1, 0.15) is 13.2 Å². The fourth-order valence-corrected chi connectivity index (χ4v) is 2.37. The van der Waals surface area contributed by atoms with Gasteiger partial charge in [0.2, 0.25) is 0 Å². The molecule has 178 valence electrons. The first kappa shape index (κ1) is 27.7. The second-order valence-corrected chi connectivity index (χ2v) is 6.27. The summed E-state index contributed by atoms with van der Waals surface area (Å²) < 4.78 is 43.1. The Hall–Kier alpha value is -2.30. The van der Waals surface area contributed by atoms with E-state index in [2.05, 4.69) is 11.8 Å². The second kappa shape index (κ2) is 19.4. The lowest BCUT2D eigenvalue weighted by atomic mass is 10.1. The largest absolute Gasteiger partial charge is 0.487 e. The predicted octanol–water partition coefficient (Wildman–Crippen LogP) is 1.77. The van der Waals surface area contributed by atoms with E-state index in [9.17, 15) is 0 Å². The number of terminal acetylenes is 2. The zero-order chi connectivity index (χ0) is 23.3. The van der Waals surface area contributed by atoms with E-state index in [1.54, 1.807) is 26.4 Å². The maximum absolute atomic E-state index is 5.81. The van der Waals surface area contributed by atoms with Crippen LogP contribution in [0.1, 0.15) is 11.1 Å². The number of ether oxygens (including phenoxy) is 8. The molecule has 0 amide bonds. The topological polar surface area (TPSA) is 73.8 Å². The molecule has 0 aliphatic carbocycles. The Kier molecular flexibility index (Phi) is 16.8. The molecule has 0 spiro atoms. The minimum atomic E-state index is 0.323. The first-order chi connectivity index (χ1) is 15.8. The third kappa shape index (κ3) is 12.5. The molecule has 0 saturated heterocycles. The third-order valence-corrected chi connectivity index (χ3v) is 3.97. The molecule has 0 saturated carbocycles. The van der Waals surface area contributed by atoms with Crippen LogP contribution in [0, 0.1) is 24.7 Å². The monoisotopic (exact) mass is 450 g/mol. The van der Waals surface area contributed by atoms with Crippen molar-refractivity contribution in [3.63, 3.8) is 0 Å². The summed E-state index contributed by atoms with van der Waals surface area (Å²) in [7, 11) is 3.26. The van der Waals surface area contributed by atoms with Crippen LogP contribution < -0.4 is 9.47 Å². The summed E-state index contributed by atoms with van der Waals surface area (Å²) in [6, 6.07) is 3.39. The van der Waals surface area contributed by atoms with Gasteiger partial charge in [0.25, 0.3) is 0 Å². The molecule has 0 radical (unpaired) electrons. The fraction of sp³-hybridized carbons (Fsp3) is 0.583. The molecule has 1 rings (SSSR count). The second-order valence-electron chi connectivity index (χ2n) is 6.27. The van der Waals surface area contributed by atoms with Gasteiger partial charge in [0.15, 0.2) is 11.5 Å². The van der Waals surface area contributed by atoms with Gasteiger partial charge >= 0.3 is 0 Å². The minimum absolute atomic E-state index is 0.323. The Labute approximate surface area is 191 Å². The van der Waals surface area contributed by atoms with Gasteiger partial charge in [0.05, 0.1) is 66.1 Å². The molecule has 0 heterocycles. The van der Waals surface area contributed by atoms with Crippen molar-refractivity contribution < 1.29 is 37.9 Å². The molecule has 1 aromatic rings. The quantitative estimate of drug-likeness (QED) is 0.220. The summed E-state index contributed by atoms with van der Waals surface area (Å²) in [4.78, 5) is 0. The normalized spacial score (nSPS) is 10.5. The van der Waals surface area contributed by atoms with Gasteiger partial charge in [-0.1, -0.05) is 11.8 Å². The average molecular weight is 451 g/mol. The van der Waals surface area contributed by atoms with Crippen LogP contribution in [0.3, 0.4) is 0 Å². The Bertz CT molecular complexity index is 633. The summed E-state index contributed by atoms with van der Waals surface area (Å²) in [5.41, 5.74) is 1.12. The molecule has 0 atom stereocenters. The highest BCUT2D eigenvalue weighted by molar-refractivity contribution is 5.57. The van der Waals surface area contributed by atoms with E-state index in [0.717, 1.165) is 0 Å². The van der Waals surface area contributed by atoms with Crippen LogP contribution in [0.2, 0.25) is 0 Å². The Morgan fingerprint density at radius 3 is 1.16 bits per heavy atom. The summed E-state index contributed by atoms with van der Waals surface area (Å²) in [5.74, 6) is 6.14. The lowest BCUT2D eigenvalue weighted by Gasteiger charge is -2.15. The van der Waals surface area contributed by atoms with Crippen LogP contribution in [0.15, 0.2) is 12.1 Å². The smallest absolute Gasteiger partial charge is 0.162 e. The van der Waals surface area contributed by atoms with Gasteiger partial charge in [-0.15, -0.1) is 12.8 Å². The molecule has 0 bridgehead atoms. The van der Waals surface area contributed by atoms with Crippen LogP contribution in [0.25, 0.3) is 0 Å². The highest BCUT2D eigenvalue weighted by atomic mass is 16.6. The van der Waals surface area contributed by atoms with Crippen molar-refractivity contribution in [2.24, 2.45) is 0 Å². The van der Waals surface area contributed by atoms with Crippen LogP contribution in [-0.4, -0.2) is 93.5 Å². The molecule has 0 aliphatic rings. The average Bonchev–Trinajstić information content (AvgIpc) is 2.82. The molecule has 0 aromatic heterocycles. The van der Waals surface area contributed by atoms with Gasteiger partial charge in [-0.3, -0.25) is 0 Å². The van der Waals surface area contributed by atoms with E-state index in [0.29, 0.717) is 102 Å². The lowest BCUT2D eigenvalue weighted by Crippen LogP contribution is -2.14. The summed E-state index contributed by atoms with van der Waals surface area (Å²) in [6.07, 6.45) is 11.1. The van der Waals surface area contributed by atoms with E-state index in [1.165, 1.54) is 0 Å². The molecule has 32 heavy (non-hydrogen) atoms. The Morgan fingerprint density at radius 1 is 0.531 bits per heavy atom.